The van der Waals surface area contributed by atoms with Gasteiger partial charge in [0.15, 0.2) is 5.82 Å². The lowest BCUT2D eigenvalue weighted by Crippen LogP contribution is -2.37. The highest BCUT2D eigenvalue weighted by Gasteiger charge is 2.18. The molecule has 1 aromatic heterocycles. The normalized spacial score (nSPS) is 15.2. The van der Waals surface area contributed by atoms with Gasteiger partial charge in [0.2, 0.25) is 0 Å². The van der Waals surface area contributed by atoms with E-state index in [-0.39, 0.29) is 5.92 Å². The Labute approximate surface area is 137 Å². The van der Waals surface area contributed by atoms with Crippen molar-refractivity contribution >= 4 is 11.7 Å². The Bertz CT molecular complexity index is 635. The van der Waals surface area contributed by atoms with Crippen molar-refractivity contribution in [2.24, 2.45) is 0 Å². The van der Waals surface area contributed by atoms with Crippen LogP contribution in [0, 0.1) is 0 Å². The number of hydrogen-bond acceptors (Lipinski definition) is 6. The number of hydrogen-bond donors (Lipinski definition) is 0. The quantitative estimate of drug-likeness (QED) is 0.845. The number of benzene rings is 1. The first-order valence-corrected chi connectivity index (χ1v) is 8.10. The van der Waals surface area contributed by atoms with Crippen LogP contribution in [0.4, 0.5) is 11.7 Å². The maximum atomic E-state index is 5.45. The molecule has 1 aromatic carbocycles. The summed E-state index contributed by atoms with van der Waals surface area (Å²) in [5, 5.41) is 4.04. The van der Waals surface area contributed by atoms with Crippen molar-refractivity contribution in [2.45, 2.75) is 26.3 Å². The summed E-state index contributed by atoms with van der Waals surface area (Å²) in [6, 6.07) is 9.03. The van der Waals surface area contributed by atoms with E-state index >= 15 is 0 Å². The molecule has 6 heteroatoms. The van der Waals surface area contributed by atoms with E-state index in [2.05, 4.69) is 53.2 Å². The monoisotopic (exact) mass is 316 g/mol. The van der Waals surface area contributed by atoms with Crippen LogP contribution in [0.3, 0.4) is 0 Å². The van der Waals surface area contributed by atoms with Crippen LogP contribution in [0.5, 0.6) is 0 Å². The number of ether oxygens (including phenoxy) is 1. The number of aromatic nitrogens is 2. The van der Waals surface area contributed by atoms with E-state index in [1.165, 1.54) is 11.3 Å². The van der Waals surface area contributed by atoms with Gasteiger partial charge in [-0.15, -0.1) is 0 Å². The molecular formula is C17H24N4O2. The minimum absolute atomic E-state index is 0.265. The molecule has 2 heterocycles. The third kappa shape index (κ3) is 3.64. The zero-order valence-electron chi connectivity index (χ0n) is 14.0. The Hall–Kier alpha value is -2.08. The van der Waals surface area contributed by atoms with Crippen molar-refractivity contribution in [3.63, 3.8) is 0 Å². The molecule has 1 saturated heterocycles. The lowest BCUT2D eigenvalue weighted by molar-refractivity contribution is 0.122. The summed E-state index contributed by atoms with van der Waals surface area (Å²) in [4.78, 5) is 8.84. The average Bonchev–Trinajstić information content (AvgIpc) is 3.07. The molecule has 3 rings (SSSR count). The summed E-state index contributed by atoms with van der Waals surface area (Å²) in [6.45, 7) is 8.27. The summed E-state index contributed by atoms with van der Waals surface area (Å²) in [5.74, 6) is 1.01. The van der Waals surface area contributed by atoms with Gasteiger partial charge < -0.3 is 19.1 Å². The van der Waals surface area contributed by atoms with Crippen LogP contribution in [-0.2, 0) is 11.3 Å². The van der Waals surface area contributed by atoms with Crippen LogP contribution in [0.1, 0.15) is 31.2 Å². The highest BCUT2D eigenvalue weighted by Crippen LogP contribution is 2.24. The number of nitrogens with zero attached hydrogens (tertiary/aromatic N) is 4. The Balaban J connectivity index is 1.76. The van der Waals surface area contributed by atoms with Gasteiger partial charge in [-0.2, -0.15) is 4.98 Å². The van der Waals surface area contributed by atoms with Crippen LogP contribution in [0.15, 0.2) is 28.8 Å². The van der Waals surface area contributed by atoms with Crippen molar-refractivity contribution in [2.75, 3.05) is 43.2 Å². The molecule has 1 fully saturated rings. The first kappa shape index (κ1) is 15.8. The van der Waals surface area contributed by atoms with Crippen LogP contribution in [-0.4, -0.2) is 43.5 Å². The zero-order valence-corrected chi connectivity index (χ0v) is 14.0. The molecule has 23 heavy (non-hydrogen) atoms. The second-order valence-electron chi connectivity index (χ2n) is 6.17. The standard InChI is InChI=1S/C17H24N4O2/c1-13(2)16-18-17(23-19-16)20(3)12-14-6-4-5-7-15(14)21-8-10-22-11-9-21/h4-7,13H,8-12H2,1-3H3. The van der Waals surface area contributed by atoms with Crippen LogP contribution in [0.2, 0.25) is 0 Å². The molecule has 0 atom stereocenters. The first-order valence-electron chi connectivity index (χ1n) is 8.10. The fourth-order valence-electron chi connectivity index (χ4n) is 2.70. The van der Waals surface area contributed by atoms with E-state index in [1.54, 1.807) is 0 Å². The van der Waals surface area contributed by atoms with Gasteiger partial charge in [-0.25, -0.2) is 0 Å². The maximum Gasteiger partial charge on any atom is 0.324 e. The molecule has 0 bridgehead atoms. The summed E-state index contributed by atoms with van der Waals surface area (Å²) in [6.07, 6.45) is 0. The third-order valence-electron chi connectivity index (χ3n) is 4.02. The fraction of sp³-hybridized carbons (Fsp3) is 0.529. The van der Waals surface area contributed by atoms with Gasteiger partial charge in [-0.05, 0) is 11.6 Å². The predicted octanol–water partition coefficient (Wildman–Crippen LogP) is 2.67. The molecule has 2 aromatic rings. The molecule has 1 aliphatic rings. The number of morpholine rings is 1. The summed E-state index contributed by atoms with van der Waals surface area (Å²) in [7, 11) is 1.98. The summed E-state index contributed by atoms with van der Waals surface area (Å²) < 4.78 is 10.8. The smallest absolute Gasteiger partial charge is 0.324 e. The largest absolute Gasteiger partial charge is 0.378 e. The van der Waals surface area contributed by atoms with E-state index in [1.807, 2.05) is 11.9 Å². The SMILES string of the molecule is CC(C)c1noc(N(C)Cc2ccccc2N2CCOCC2)n1. The Kier molecular flexibility index (Phi) is 4.81. The zero-order chi connectivity index (χ0) is 16.2. The van der Waals surface area contributed by atoms with E-state index in [4.69, 9.17) is 9.26 Å². The molecule has 0 spiro atoms. The lowest BCUT2D eigenvalue weighted by Gasteiger charge is -2.31. The predicted molar refractivity (Wildman–Crippen MR) is 90.0 cm³/mol. The third-order valence-corrected chi connectivity index (χ3v) is 4.02. The fourth-order valence-corrected chi connectivity index (χ4v) is 2.70. The molecule has 0 amide bonds. The molecule has 0 unspecified atom stereocenters. The Morgan fingerprint density at radius 3 is 2.65 bits per heavy atom. The van der Waals surface area contributed by atoms with Crippen molar-refractivity contribution < 1.29 is 9.26 Å². The van der Waals surface area contributed by atoms with E-state index in [0.717, 1.165) is 38.7 Å². The molecule has 1 aliphatic heterocycles. The van der Waals surface area contributed by atoms with Crippen LogP contribution in [0.25, 0.3) is 0 Å². The van der Waals surface area contributed by atoms with E-state index in [0.29, 0.717) is 6.01 Å². The van der Waals surface area contributed by atoms with Crippen molar-refractivity contribution in [1.82, 2.24) is 10.1 Å². The van der Waals surface area contributed by atoms with Gasteiger partial charge in [-0.3, -0.25) is 0 Å². The highest BCUT2D eigenvalue weighted by molar-refractivity contribution is 5.55. The van der Waals surface area contributed by atoms with Crippen molar-refractivity contribution in [3.8, 4) is 0 Å². The molecule has 124 valence electrons. The van der Waals surface area contributed by atoms with Gasteiger partial charge in [-0.1, -0.05) is 37.2 Å². The first-order chi connectivity index (χ1) is 11.1. The molecule has 0 aliphatic carbocycles. The van der Waals surface area contributed by atoms with E-state index < -0.39 is 0 Å². The lowest BCUT2D eigenvalue weighted by atomic mass is 10.1. The molecule has 0 saturated carbocycles. The van der Waals surface area contributed by atoms with Gasteiger partial charge >= 0.3 is 6.01 Å². The van der Waals surface area contributed by atoms with Crippen LogP contribution >= 0.6 is 0 Å². The topological polar surface area (TPSA) is 54.6 Å². The maximum absolute atomic E-state index is 5.45. The summed E-state index contributed by atoms with van der Waals surface area (Å²) in [5.41, 5.74) is 2.51. The number of anilines is 2. The van der Waals surface area contributed by atoms with E-state index in [9.17, 15) is 0 Å². The van der Waals surface area contributed by atoms with Crippen molar-refractivity contribution in [3.05, 3.63) is 35.7 Å². The minimum Gasteiger partial charge on any atom is -0.378 e. The Morgan fingerprint density at radius 1 is 1.22 bits per heavy atom. The van der Waals surface area contributed by atoms with Crippen molar-refractivity contribution in [1.29, 1.82) is 0 Å². The van der Waals surface area contributed by atoms with Crippen LogP contribution < -0.4 is 9.80 Å². The molecule has 0 N–H and O–H groups in total. The average molecular weight is 316 g/mol. The van der Waals surface area contributed by atoms with Gasteiger partial charge in [0.25, 0.3) is 0 Å². The van der Waals surface area contributed by atoms with Gasteiger partial charge in [0, 0.05) is 38.3 Å². The second kappa shape index (κ2) is 7.00. The molecule has 0 radical (unpaired) electrons. The van der Waals surface area contributed by atoms with Gasteiger partial charge in [0.1, 0.15) is 0 Å². The minimum atomic E-state index is 0.265. The molecular weight excluding hydrogens is 292 g/mol. The number of rotatable bonds is 5. The summed E-state index contributed by atoms with van der Waals surface area (Å²) >= 11 is 0. The highest BCUT2D eigenvalue weighted by atomic mass is 16.5. The second-order valence-corrected chi connectivity index (χ2v) is 6.17. The number of para-hydroxylation sites is 1. The Morgan fingerprint density at radius 2 is 1.96 bits per heavy atom. The van der Waals surface area contributed by atoms with Gasteiger partial charge in [0.05, 0.1) is 13.2 Å². The molecule has 6 nitrogen and oxygen atoms in total.